The van der Waals surface area contributed by atoms with Gasteiger partial charge in [-0.05, 0) is 66.1 Å². The second-order valence-corrected chi connectivity index (χ2v) is 7.11. The van der Waals surface area contributed by atoms with Crippen LogP contribution in [0.15, 0.2) is 60.7 Å². The number of hydrogen-bond acceptors (Lipinski definition) is 2. The first-order valence-corrected chi connectivity index (χ1v) is 9.16. The van der Waals surface area contributed by atoms with Crippen molar-refractivity contribution >= 4 is 34.8 Å². The Bertz CT molecular complexity index is 1060. The van der Waals surface area contributed by atoms with Crippen LogP contribution in [0.3, 0.4) is 0 Å². The molecule has 0 bridgehead atoms. The molecule has 0 aliphatic rings. The number of carbonyl (C=O) groups is 1. The van der Waals surface area contributed by atoms with E-state index in [4.69, 9.17) is 23.2 Å². The average molecular weight is 413 g/mol. The van der Waals surface area contributed by atoms with E-state index in [2.05, 4.69) is 11.4 Å². The molecule has 3 aromatic carbocycles. The number of aryl methyl sites for hydroxylation is 1. The van der Waals surface area contributed by atoms with E-state index in [9.17, 15) is 14.4 Å². The number of halogens is 3. The Morgan fingerprint density at radius 1 is 1.07 bits per heavy atom. The Labute approximate surface area is 172 Å². The number of nitriles is 1. The number of carbonyl (C=O) groups excluding carboxylic acids is 1. The van der Waals surface area contributed by atoms with Gasteiger partial charge in [-0.25, -0.2) is 4.39 Å². The summed E-state index contributed by atoms with van der Waals surface area (Å²) in [6.45, 7) is 1.82. The van der Waals surface area contributed by atoms with Gasteiger partial charge in [-0.3, -0.25) is 4.79 Å². The highest BCUT2D eigenvalue weighted by molar-refractivity contribution is 6.32. The zero-order chi connectivity index (χ0) is 20.3. The summed E-state index contributed by atoms with van der Waals surface area (Å²) < 4.78 is 13.0. The topological polar surface area (TPSA) is 52.9 Å². The number of nitrogens with zero attached hydrogens (tertiary/aromatic N) is 1. The third-order valence-corrected chi connectivity index (χ3v) is 4.92. The summed E-state index contributed by atoms with van der Waals surface area (Å²) in [5.41, 5.74) is 3.03. The zero-order valence-corrected chi connectivity index (χ0v) is 16.4. The molecule has 6 heteroatoms. The molecule has 140 valence electrons. The van der Waals surface area contributed by atoms with Crippen molar-refractivity contribution < 1.29 is 9.18 Å². The van der Waals surface area contributed by atoms with Gasteiger partial charge in [-0.15, -0.1) is 0 Å². The Morgan fingerprint density at radius 2 is 1.71 bits per heavy atom. The van der Waals surface area contributed by atoms with Crippen LogP contribution in [0, 0.1) is 24.1 Å². The third kappa shape index (κ3) is 4.33. The van der Waals surface area contributed by atoms with E-state index in [1.807, 2.05) is 6.92 Å². The van der Waals surface area contributed by atoms with Crippen molar-refractivity contribution in [2.45, 2.75) is 12.8 Å². The van der Waals surface area contributed by atoms with Crippen molar-refractivity contribution in [1.29, 1.82) is 5.26 Å². The standard InChI is InChI=1S/C22H15Cl2FN2O/c1-13-10-18(19(12-26)14-2-6-16(23)7-3-14)20(24)11-21(13)27-22(28)15-4-8-17(25)9-5-15/h2-11,19H,1H3,(H,27,28)/t19-/m0/s1. The molecule has 1 atom stereocenters. The number of nitrogens with one attached hydrogen (secondary N) is 1. The summed E-state index contributed by atoms with van der Waals surface area (Å²) in [7, 11) is 0. The first kappa shape index (κ1) is 19.9. The van der Waals surface area contributed by atoms with Crippen molar-refractivity contribution in [3.05, 3.63) is 98.8 Å². The van der Waals surface area contributed by atoms with Gasteiger partial charge in [-0.1, -0.05) is 41.4 Å². The second-order valence-electron chi connectivity index (χ2n) is 6.26. The quantitative estimate of drug-likeness (QED) is 0.542. The number of amides is 1. The van der Waals surface area contributed by atoms with E-state index in [0.717, 1.165) is 11.1 Å². The van der Waals surface area contributed by atoms with Gasteiger partial charge in [0.15, 0.2) is 0 Å². The van der Waals surface area contributed by atoms with Crippen LogP contribution in [0.1, 0.15) is 33.0 Å². The predicted octanol–water partition coefficient (Wildman–Crippen LogP) is 6.35. The smallest absolute Gasteiger partial charge is 0.255 e. The molecule has 1 amide bonds. The molecule has 1 N–H and O–H groups in total. The largest absolute Gasteiger partial charge is 0.322 e. The summed E-state index contributed by atoms with van der Waals surface area (Å²) in [5.74, 6) is -1.35. The number of anilines is 1. The number of rotatable bonds is 4. The molecule has 0 radical (unpaired) electrons. The van der Waals surface area contributed by atoms with Gasteiger partial charge < -0.3 is 5.32 Å². The van der Waals surface area contributed by atoms with Crippen LogP contribution in [0.4, 0.5) is 10.1 Å². The van der Waals surface area contributed by atoms with Gasteiger partial charge in [0.25, 0.3) is 5.91 Å². The fourth-order valence-corrected chi connectivity index (χ4v) is 3.23. The van der Waals surface area contributed by atoms with E-state index in [-0.39, 0.29) is 5.91 Å². The van der Waals surface area contributed by atoms with Crippen molar-refractivity contribution in [2.24, 2.45) is 0 Å². The van der Waals surface area contributed by atoms with Crippen molar-refractivity contribution in [3.63, 3.8) is 0 Å². The molecule has 3 nitrogen and oxygen atoms in total. The molecule has 0 aliphatic heterocycles. The Morgan fingerprint density at radius 3 is 2.32 bits per heavy atom. The molecule has 0 unspecified atom stereocenters. The molecule has 0 saturated heterocycles. The Kier molecular flexibility index (Phi) is 5.99. The van der Waals surface area contributed by atoms with E-state index >= 15 is 0 Å². The molecule has 28 heavy (non-hydrogen) atoms. The fourth-order valence-electron chi connectivity index (χ4n) is 2.83. The Hall–Kier alpha value is -2.87. The van der Waals surface area contributed by atoms with Crippen molar-refractivity contribution in [1.82, 2.24) is 0 Å². The lowest BCUT2D eigenvalue weighted by molar-refractivity contribution is 0.102. The minimum Gasteiger partial charge on any atom is -0.322 e. The molecule has 0 fully saturated rings. The summed E-state index contributed by atoms with van der Waals surface area (Å²) >= 11 is 12.3. The van der Waals surface area contributed by atoms with Crippen LogP contribution in [0.25, 0.3) is 0 Å². The molecule has 0 heterocycles. The van der Waals surface area contributed by atoms with Crippen LogP contribution < -0.4 is 5.32 Å². The SMILES string of the molecule is Cc1cc([C@@H](C#N)c2ccc(Cl)cc2)c(Cl)cc1NC(=O)c1ccc(F)cc1. The molecule has 0 saturated carbocycles. The molecule has 0 spiro atoms. The minimum atomic E-state index is -0.565. The minimum absolute atomic E-state index is 0.331. The third-order valence-electron chi connectivity index (χ3n) is 4.34. The number of hydrogen-bond donors (Lipinski definition) is 1. The fraction of sp³-hybridized carbons (Fsp3) is 0.0909. The van der Waals surface area contributed by atoms with E-state index in [1.54, 1.807) is 36.4 Å². The highest BCUT2D eigenvalue weighted by atomic mass is 35.5. The molecule has 3 aromatic rings. The Balaban J connectivity index is 1.90. The van der Waals surface area contributed by atoms with Crippen molar-refractivity contribution in [2.75, 3.05) is 5.32 Å². The molecular formula is C22H15Cl2FN2O. The van der Waals surface area contributed by atoms with Crippen LogP contribution in [-0.4, -0.2) is 5.91 Å². The maximum absolute atomic E-state index is 13.0. The highest BCUT2D eigenvalue weighted by Crippen LogP contribution is 2.34. The van der Waals surface area contributed by atoms with Crippen LogP contribution in [0.5, 0.6) is 0 Å². The first-order chi connectivity index (χ1) is 13.4. The predicted molar refractivity (Wildman–Crippen MR) is 109 cm³/mol. The monoisotopic (exact) mass is 412 g/mol. The van der Waals surface area contributed by atoms with Gasteiger partial charge in [0.05, 0.1) is 12.0 Å². The molecule has 0 aliphatic carbocycles. The summed E-state index contributed by atoms with van der Waals surface area (Å²) in [6.07, 6.45) is 0. The summed E-state index contributed by atoms with van der Waals surface area (Å²) in [6, 6.07) is 17.9. The van der Waals surface area contributed by atoms with E-state index < -0.39 is 11.7 Å². The summed E-state index contributed by atoms with van der Waals surface area (Å²) in [5, 5.41) is 13.4. The van der Waals surface area contributed by atoms with Crippen LogP contribution in [-0.2, 0) is 0 Å². The molecule has 0 aromatic heterocycles. The van der Waals surface area contributed by atoms with E-state index in [1.165, 1.54) is 24.3 Å². The lowest BCUT2D eigenvalue weighted by Crippen LogP contribution is -2.13. The normalized spacial score (nSPS) is 11.5. The van der Waals surface area contributed by atoms with Gasteiger partial charge in [0.1, 0.15) is 5.82 Å². The van der Waals surface area contributed by atoms with Crippen LogP contribution in [0.2, 0.25) is 10.0 Å². The maximum atomic E-state index is 13.0. The number of benzene rings is 3. The van der Waals surface area contributed by atoms with Crippen molar-refractivity contribution in [3.8, 4) is 6.07 Å². The molecule has 3 rings (SSSR count). The van der Waals surface area contributed by atoms with Gasteiger partial charge in [0, 0.05) is 21.3 Å². The van der Waals surface area contributed by atoms with E-state index in [0.29, 0.717) is 26.9 Å². The lowest BCUT2D eigenvalue weighted by atomic mass is 9.91. The average Bonchev–Trinajstić information content (AvgIpc) is 2.68. The first-order valence-electron chi connectivity index (χ1n) is 8.41. The summed E-state index contributed by atoms with van der Waals surface area (Å²) in [4.78, 5) is 12.4. The zero-order valence-electron chi connectivity index (χ0n) is 14.8. The lowest BCUT2D eigenvalue weighted by Gasteiger charge is -2.16. The van der Waals surface area contributed by atoms with Gasteiger partial charge >= 0.3 is 0 Å². The van der Waals surface area contributed by atoms with Crippen LogP contribution >= 0.6 is 23.2 Å². The second kappa shape index (κ2) is 8.43. The molecular weight excluding hydrogens is 398 g/mol. The maximum Gasteiger partial charge on any atom is 0.255 e. The van der Waals surface area contributed by atoms with Gasteiger partial charge in [0.2, 0.25) is 0 Å². The highest BCUT2D eigenvalue weighted by Gasteiger charge is 2.19. The van der Waals surface area contributed by atoms with Gasteiger partial charge in [-0.2, -0.15) is 5.26 Å².